The van der Waals surface area contributed by atoms with E-state index < -0.39 is 0 Å². The molecule has 2 heterocycles. The number of benzene rings is 2. The van der Waals surface area contributed by atoms with Crippen molar-refractivity contribution in [2.45, 2.75) is 30.8 Å². The minimum absolute atomic E-state index is 0.0244. The molecule has 36 heavy (non-hydrogen) atoms. The number of methoxy groups -OCH3 is 1. The van der Waals surface area contributed by atoms with Crippen LogP contribution >= 0.6 is 23.1 Å². The van der Waals surface area contributed by atoms with E-state index in [9.17, 15) is 14.7 Å². The molecule has 0 atom stereocenters. The lowest BCUT2D eigenvalue weighted by Crippen LogP contribution is -2.24. The van der Waals surface area contributed by atoms with Crippen LogP contribution in [0.3, 0.4) is 0 Å². The highest BCUT2D eigenvalue weighted by molar-refractivity contribution is 7.99. The Balaban J connectivity index is 1.44. The fourth-order valence-electron chi connectivity index (χ4n) is 4.19. The molecule has 2 aromatic heterocycles. The predicted molar refractivity (Wildman–Crippen MR) is 143 cm³/mol. The molecular formula is C26H24N4O4S2. The van der Waals surface area contributed by atoms with Gasteiger partial charge in [0.1, 0.15) is 16.3 Å². The molecule has 0 unspecified atom stereocenters. The van der Waals surface area contributed by atoms with Crippen molar-refractivity contribution in [1.82, 2.24) is 15.0 Å². The molecule has 10 heteroatoms. The SMILES string of the molecule is COc1ccc(-n2c(SCC(=O)NN=Cc3cccc(O)c3)nc3sc4c(c3c2=O)CCCC4)cc1. The molecular weight excluding hydrogens is 496 g/mol. The molecule has 0 saturated carbocycles. The van der Waals surface area contributed by atoms with Gasteiger partial charge in [-0.2, -0.15) is 5.10 Å². The second-order valence-corrected chi connectivity index (χ2v) is 10.3. The summed E-state index contributed by atoms with van der Waals surface area (Å²) in [5, 5.41) is 14.6. The average molecular weight is 521 g/mol. The van der Waals surface area contributed by atoms with Crippen LogP contribution in [-0.4, -0.2) is 39.6 Å². The normalized spacial score (nSPS) is 13.1. The van der Waals surface area contributed by atoms with E-state index in [-0.39, 0.29) is 23.0 Å². The summed E-state index contributed by atoms with van der Waals surface area (Å²) in [5.41, 5.74) is 4.81. The number of aromatic hydroxyl groups is 1. The number of rotatable bonds is 7. The number of phenolic OH excluding ortho intramolecular Hbond substituents is 1. The van der Waals surface area contributed by atoms with Crippen LogP contribution in [0, 0.1) is 0 Å². The molecule has 1 amide bonds. The first-order valence-electron chi connectivity index (χ1n) is 11.5. The molecule has 1 aliphatic carbocycles. The standard InChI is InChI=1S/C26H24N4O4S2/c1-34-19-11-9-17(10-12-19)30-25(33)23-20-7-2-3-8-21(20)36-24(23)28-26(30)35-15-22(32)29-27-14-16-5-4-6-18(31)13-16/h4-6,9-14,31H,2-3,7-8,15H2,1H3,(H,29,32). The molecule has 0 radical (unpaired) electrons. The second kappa shape index (κ2) is 10.5. The number of phenols is 1. The third-order valence-corrected chi connectivity index (χ3v) is 8.02. The maximum atomic E-state index is 13.8. The second-order valence-electron chi connectivity index (χ2n) is 8.30. The summed E-state index contributed by atoms with van der Waals surface area (Å²) in [6.07, 6.45) is 5.51. The Kier molecular flexibility index (Phi) is 7.06. The van der Waals surface area contributed by atoms with E-state index in [4.69, 9.17) is 9.72 Å². The third-order valence-electron chi connectivity index (χ3n) is 5.89. The number of thioether (sulfide) groups is 1. The van der Waals surface area contributed by atoms with Crippen LogP contribution in [0.4, 0.5) is 0 Å². The maximum Gasteiger partial charge on any atom is 0.267 e. The molecule has 2 aromatic carbocycles. The number of aromatic nitrogens is 2. The highest BCUT2D eigenvalue weighted by Crippen LogP contribution is 2.35. The number of hydrogen-bond acceptors (Lipinski definition) is 8. The van der Waals surface area contributed by atoms with Crippen LogP contribution in [0.1, 0.15) is 28.8 Å². The molecule has 5 rings (SSSR count). The van der Waals surface area contributed by atoms with Gasteiger partial charge in [-0.05, 0) is 73.2 Å². The number of carbonyl (C=O) groups excluding carboxylic acids is 1. The lowest BCUT2D eigenvalue weighted by atomic mass is 9.97. The molecule has 0 aliphatic heterocycles. The van der Waals surface area contributed by atoms with Crippen molar-refractivity contribution in [3.8, 4) is 17.2 Å². The van der Waals surface area contributed by atoms with E-state index in [2.05, 4.69) is 10.5 Å². The van der Waals surface area contributed by atoms with Crippen molar-refractivity contribution >= 4 is 45.4 Å². The molecule has 4 aromatic rings. The van der Waals surface area contributed by atoms with Crippen molar-refractivity contribution in [2.24, 2.45) is 5.10 Å². The van der Waals surface area contributed by atoms with E-state index in [0.29, 0.717) is 27.5 Å². The van der Waals surface area contributed by atoms with Gasteiger partial charge in [0.05, 0.1) is 30.2 Å². The summed E-state index contributed by atoms with van der Waals surface area (Å²) in [5.74, 6) is 0.495. The lowest BCUT2D eigenvalue weighted by Gasteiger charge is -2.14. The Morgan fingerprint density at radius 3 is 2.83 bits per heavy atom. The number of nitrogens with zero attached hydrogens (tertiary/aromatic N) is 3. The average Bonchev–Trinajstić information content (AvgIpc) is 3.26. The predicted octanol–water partition coefficient (Wildman–Crippen LogP) is 4.28. The number of aryl methyl sites for hydroxylation is 2. The van der Waals surface area contributed by atoms with Gasteiger partial charge in [0.2, 0.25) is 0 Å². The molecule has 0 fully saturated rings. The highest BCUT2D eigenvalue weighted by atomic mass is 32.2. The number of carbonyl (C=O) groups is 1. The molecule has 2 N–H and O–H groups in total. The lowest BCUT2D eigenvalue weighted by molar-refractivity contribution is -0.118. The van der Waals surface area contributed by atoms with Gasteiger partial charge in [-0.1, -0.05) is 23.9 Å². The number of hydrogen-bond donors (Lipinski definition) is 2. The van der Waals surface area contributed by atoms with Gasteiger partial charge >= 0.3 is 0 Å². The Labute approximate surface area is 215 Å². The summed E-state index contributed by atoms with van der Waals surface area (Å²) in [6, 6.07) is 13.8. The topological polar surface area (TPSA) is 106 Å². The van der Waals surface area contributed by atoms with Gasteiger partial charge in [0.25, 0.3) is 11.5 Å². The zero-order valence-electron chi connectivity index (χ0n) is 19.6. The minimum Gasteiger partial charge on any atom is -0.508 e. The van der Waals surface area contributed by atoms with E-state index >= 15 is 0 Å². The Morgan fingerprint density at radius 1 is 1.25 bits per heavy atom. The molecule has 0 bridgehead atoms. The molecule has 8 nitrogen and oxygen atoms in total. The van der Waals surface area contributed by atoms with Crippen LogP contribution in [0.5, 0.6) is 11.5 Å². The Bertz CT molecular complexity index is 1510. The van der Waals surface area contributed by atoms with E-state index in [1.165, 1.54) is 28.9 Å². The van der Waals surface area contributed by atoms with Crippen LogP contribution in [-0.2, 0) is 17.6 Å². The van der Waals surface area contributed by atoms with Crippen molar-refractivity contribution < 1.29 is 14.6 Å². The number of amides is 1. The van der Waals surface area contributed by atoms with Gasteiger partial charge in [0, 0.05) is 4.88 Å². The van der Waals surface area contributed by atoms with Crippen molar-refractivity contribution in [3.63, 3.8) is 0 Å². The first kappa shape index (κ1) is 24.1. The summed E-state index contributed by atoms with van der Waals surface area (Å²) in [7, 11) is 1.59. The zero-order chi connectivity index (χ0) is 25.1. The van der Waals surface area contributed by atoms with Gasteiger partial charge in [-0.3, -0.25) is 14.2 Å². The molecule has 184 valence electrons. The number of ether oxygens (including phenoxy) is 1. The number of hydrazone groups is 1. The van der Waals surface area contributed by atoms with Gasteiger partial charge < -0.3 is 9.84 Å². The number of fused-ring (bicyclic) bond motifs is 3. The number of thiophene rings is 1. The monoisotopic (exact) mass is 520 g/mol. The summed E-state index contributed by atoms with van der Waals surface area (Å²) >= 11 is 2.77. The van der Waals surface area contributed by atoms with Crippen LogP contribution in [0.15, 0.2) is 63.6 Å². The van der Waals surface area contributed by atoms with E-state index in [1.54, 1.807) is 53.3 Å². The number of nitrogens with one attached hydrogen (secondary N) is 1. The smallest absolute Gasteiger partial charge is 0.267 e. The Morgan fingerprint density at radius 2 is 2.06 bits per heavy atom. The van der Waals surface area contributed by atoms with Gasteiger partial charge in [-0.15, -0.1) is 11.3 Å². The maximum absolute atomic E-state index is 13.8. The van der Waals surface area contributed by atoms with E-state index in [1.807, 2.05) is 12.1 Å². The quantitative estimate of drug-likeness (QED) is 0.163. The summed E-state index contributed by atoms with van der Waals surface area (Å²) < 4.78 is 6.85. The van der Waals surface area contributed by atoms with Gasteiger partial charge in [0.15, 0.2) is 5.16 Å². The molecule has 0 saturated heterocycles. The first-order chi connectivity index (χ1) is 17.5. The van der Waals surface area contributed by atoms with Crippen molar-refractivity contribution in [3.05, 3.63) is 74.9 Å². The van der Waals surface area contributed by atoms with Crippen LogP contribution < -0.4 is 15.7 Å². The van der Waals surface area contributed by atoms with Crippen LogP contribution in [0.25, 0.3) is 15.9 Å². The zero-order valence-corrected chi connectivity index (χ0v) is 21.2. The van der Waals surface area contributed by atoms with Crippen molar-refractivity contribution in [2.75, 3.05) is 12.9 Å². The Hall–Kier alpha value is -3.63. The third kappa shape index (κ3) is 5.00. The molecule has 1 aliphatic rings. The molecule has 0 spiro atoms. The van der Waals surface area contributed by atoms with Crippen molar-refractivity contribution in [1.29, 1.82) is 0 Å². The minimum atomic E-state index is -0.336. The van der Waals surface area contributed by atoms with E-state index in [0.717, 1.165) is 36.1 Å². The van der Waals surface area contributed by atoms with Crippen LogP contribution in [0.2, 0.25) is 0 Å². The highest BCUT2D eigenvalue weighted by Gasteiger charge is 2.23. The summed E-state index contributed by atoms with van der Waals surface area (Å²) in [6.45, 7) is 0. The fourth-order valence-corrected chi connectivity index (χ4v) is 6.30. The largest absolute Gasteiger partial charge is 0.508 e. The van der Waals surface area contributed by atoms with Gasteiger partial charge in [-0.25, -0.2) is 10.4 Å². The summed E-state index contributed by atoms with van der Waals surface area (Å²) in [4.78, 5) is 33.1. The first-order valence-corrected chi connectivity index (χ1v) is 13.3. The fraction of sp³-hybridized carbons (Fsp3) is 0.231.